The van der Waals surface area contributed by atoms with Gasteiger partial charge in [-0.15, -0.1) is 0 Å². The van der Waals surface area contributed by atoms with Crippen molar-refractivity contribution in [3.63, 3.8) is 0 Å². The smallest absolute Gasteiger partial charge is 0.338 e. The van der Waals surface area contributed by atoms with Crippen molar-refractivity contribution < 1.29 is 19.0 Å². The molecule has 2 aromatic carbocycles. The van der Waals surface area contributed by atoms with Gasteiger partial charge in [-0.3, -0.25) is 9.36 Å². The van der Waals surface area contributed by atoms with Crippen LogP contribution >= 0.6 is 11.3 Å². The number of ether oxygens (including phenoxy) is 3. The molecule has 8 heteroatoms. The van der Waals surface area contributed by atoms with Crippen molar-refractivity contribution in [1.29, 1.82) is 0 Å². The first-order valence-corrected chi connectivity index (χ1v) is 12.0. The summed E-state index contributed by atoms with van der Waals surface area (Å²) in [5.41, 5.74) is 3.42. The Bertz CT molecular complexity index is 1480. The number of fused-ring (bicyclic) bond motifs is 1. The van der Waals surface area contributed by atoms with Gasteiger partial charge in [0.1, 0.15) is 0 Å². The van der Waals surface area contributed by atoms with Crippen molar-refractivity contribution in [1.82, 2.24) is 4.57 Å². The Morgan fingerprint density at radius 3 is 2.34 bits per heavy atom. The van der Waals surface area contributed by atoms with E-state index < -0.39 is 12.0 Å². The predicted molar refractivity (Wildman–Crippen MR) is 136 cm³/mol. The molecule has 4 rings (SSSR count). The van der Waals surface area contributed by atoms with Crippen LogP contribution in [-0.4, -0.2) is 31.9 Å². The topological polar surface area (TPSA) is 79.1 Å². The van der Waals surface area contributed by atoms with E-state index in [0.717, 1.165) is 5.56 Å². The van der Waals surface area contributed by atoms with Crippen molar-refractivity contribution >= 4 is 23.4 Å². The van der Waals surface area contributed by atoms with Crippen LogP contribution in [0.2, 0.25) is 0 Å². The molecule has 0 bridgehead atoms. The monoisotopic (exact) mass is 492 g/mol. The highest BCUT2D eigenvalue weighted by Crippen LogP contribution is 2.35. The van der Waals surface area contributed by atoms with E-state index in [2.05, 4.69) is 31.0 Å². The number of nitrogens with zero attached hydrogens (tertiary/aromatic N) is 2. The van der Waals surface area contributed by atoms with Gasteiger partial charge in [0.2, 0.25) is 0 Å². The first-order chi connectivity index (χ1) is 16.8. The van der Waals surface area contributed by atoms with Gasteiger partial charge in [-0.25, -0.2) is 9.79 Å². The molecular weight excluding hydrogens is 464 g/mol. The lowest BCUT2D eigenvalue weighted by molar-refractivity contribution is -0.136. The van der Waals surface area contributed by atoms with Gasteiger partial charge >= 0.3 is 5.97 Å². The number of carbonyl (C=O) groups excluding carboxylic acids is 1. The van der Waals surface area contributed by atoms with Gasteiger partial charge in [-0.1, -0.05) is 55.5 Å². The molecule has 35 heavy (non-hydrogen) atoms. The highest BCUT2D eigenvalue weighted by Gasteiger charge is 2.33. The van der Waals surface area contributed by atoms with E-state index in [1.165, 1.54) is 24.0 Å². The van der Waals surface area contributed by atoms with Crippen LogP contribution in [0.3, 0.4) is 0 Å². The van der Waals surface area contributed by atoms with Gasteiger partial charge in [-0.2, -0.15) is 0 Å². The average molecular weight is 493 g/mol. The van der Waals surface area contributed by atoms with E-state index in [1.54, 1.807) is 37.8 Å². The summed E-state index contributed by atoms with van der Waals surface area (Å²) in [5, 5.41) is 0. The predicted octanol–water partition coefficient (Wildman–Crippen LogP) is 3.55. The number of carbonyl (C=O) groups is 1. The van der Waals surface area contributed by atoms with Crippen LogP contribution in [0.1, 0.15) is 49.4 Å². The quantitative estimate of drug-likeness (QED) is 0.492. The van der Waals surface area contributed by atoms with Crippen LogP contribution in [-0.2, 0) is 9.53 Å². The lowest BCUT2D eigenvalue weighted by atomic mass is 9.95. The molecule has 0 spiro atoms. The summed E-state index contributed by atoms with van der Waals surface area (Å²) in [7, 11) is 4.42. The minimum Gasteiger partial charge on any atom is -0.493 e. The lowest BCUT2D eigenvalue weighted by Gasteiger charge is -2.25. The summed E-state index contributed by atoms with van der Waals surface area (Å²) in [6.07, 6.45) is 1.86. The fraction of sp³-hybridized carbons (Fsp3) is 0.296. The molecule has 0 amide bonds. The van der Waals surface area contributed by atoms with E-state index in [9.17, 15) is 9.59 Å². The zero-order valence-electron chi connectivity index (χ0n) is 20.6. The summed E-state index contributed by atoms with van der Waals surface area (Å²) >= 11 is 1.29. The van der Waals surface area contributed by atoms with Crippen molar-refractivity contribution in [2.24, 2.45) is 4.99 Å². The molecule has 0 saturated carbocycles. The summed E-state index contributed by atoms with van der Waals surface area (Å²) in [6.45, 7) is 6.03. The summed E-state index contributed by atoms with van der Waals surface area (Å²) in [6, 6.07) is 12.8. The molecule has 0 N–H and O–H groups in total. The van der Waals surface area contributed by atoms with Gasteiger partial charge in [0.05, 0.1) is 43.2 Å². The number of benzene rings is 2. The number of allylic oxidation sites excluding steroid dienone is 1. The number of thiazole rings is 1. The third kappa shape index (κ3) is 4.53. The Hall–Kier alpha value is -3.65. The Morgan fingerprint density at radius 1 is 1.06 bits per heavy atom. The third-order valence-electron chi connectivity index (χ3n) is 6.05. The second-order valence-electron chi connectivity index (χ2n) is 8.51. The van der Waals surface area contributed by atoms with E-state index >= 15 is 0 Å². The fourth-order valence-corrected chi connectivity index (χ4v) is 5.21. The highest BCUT2D eigenvalue weighted by atomic mass is 32.1. The molecule has 182 valence electrons. The van der Waals surface area contributed by atoms with Gasteiger partial charge in [0.25, 0.3) is 5.56 Å². The number of hydrogen-bond acceptors (Lipinski definition) is 7. The van der Waals surface area contributed by atoms with Crippen molar-refractivity contribution in [3.05, 3.63) is 90.1 Å². The van der Waals surface area contributed by atoms with Gasteiger partial charge < -0.3 is 14.2 Å². The molecule has 3 aromatic rings. The first kappa shape index (κ1) is 24.5. The largest absolute Gasteiger partial charge is 0.493 e. The number of methoxy groups -OCH3 is 3. The molecule has 0 aliphatic carbocycles. The molecule has 1 aliphatic rings. The Labute approximate surface area is 207 Å². The second kappa shape index (κ2) is 9.92. The maximum absolute atomic E-state index is 13.7. The van der Waals surface area contributed by atoms with E-state index in [1.807, 2.05) is 24.3 Å². The molecular formula is C27H28N2O5S. The van der Waals surface area contributed by atoms with Crippen LogP contribution in [0.5, 0.6) is 11.5 Å². The van der Waals surface area contributed by atoms with Crippen molar-refractivity contribution in [2.45, 2.75) is 32.7 Å². The molecule has 0 fully saturated rings. The normalized spacial score (nSPS) is 15.6. The first-order valence-electron chi connectivity index (χ1n) is 11.2. The van der Waals surface area contributed by atoms with Crippen molar-refractivity contribution in [3.8, 4) is 11.5 Å². The number of hydrogen-bond donors (Lipinski definition) is 0. The molecule has 1 atom stereocenters. The number of esters is 1. The summed E-state index contributed by atoms with van der Waals surface area (Å²) in [4.78, 5) is 31.6. The zero-order chi connectivity index (χ0) is 25.3. The lowest BCUT2D eigenvalue weighted by Crippen LogP contribution is -2.39. The van der Waals surface area contributed by atoms with Crippen LogP contribution in [0.25, 0.3) is 6.08 Å². The Morgan fingerprint density at radius 2 is 1.74 bits per heavy atom. The van der Waals surface area contributed by atoms with E-state index in [4.69, 9.17) is 14.2 Å². The molecule has 1 aromatic heterocycles. The maximum atomic E-state index is 13.7. The van der Waals surface area contributed by atoms with Crippen molar-refractivity contribution in [2.75, 3.05) is 21.3 Å². The summed E-state index contributed by atoms with van der Waals surface area (Å²) in [5.74, 6) is 0.935. The second-order valence-corrected chi connectivity index (χ2v) is 9.52. The Balaban J connectivity index is 1.93. The van der Waals surface area contributed by atoms with Crippen LogP contribution in [0.15, 0.2) is 63.5 Å². The Kier molecular flexibility index (Phi) is 6.93. The zero-order valence-corrected chi connectivity index (χ0v) is 21.4. The fourth-order valence-electron chi connectivity index (χ4n) is 4.16. The van der Waals surface area contributed by atoms with Gasteiger partial charge in [0, 0.05) is 0 Å². The number of aromatic nitrogens is 1. The van der Waals surface area contributed by atoms with E-state index in [-0.39, 0.29) is 5.56 Å². The van der Waals surface area contributed by atoms with E-state index in [0.29, 0.717) is 43.6 Å². The SMILES string of the molecule is COC(=O)C1=C(C)N=c2s/c(=C\c3ccc(C(C)C)cc3)c(=O)n2[C@H]1c1ccc(OC)c(OC)c1. The standard InChI is InChI=1S/C27H28N2O5S/c1-15(2)18-9-7-17(8-10-18)13-22-25(30)29-24(19-11-12-20(32-4)21(14-19)33-5)23(26(31)34-6)16(3)28-27(29)35-22/h7-15,24H,1-6H3/b22-13-/t24-/m0/s1. The molecule has 2 heterocycles. The molecule has 0 radical (unpaired) electrons. The van der Waals surface area contributed by atoms with Gasteiger partial charge in [0.15, 0.2) is 16.3 Å². The minimum absolute atomic E-state index is 0.227. The maximum Gasteiger partial charge on any atom is 0.338 e. The minimum atomic E-state index is -0.719. The molecule has 0 unspecified atom stereocenters. The average Bonchev–Trinajstić information content (AvgIpc) is 3.16. The molecule has 0 saturated heterocycles. The number of rotatable bonds is 6. The van der Waals surface area contributed by atoms with Crippen LogP contribution < -0.4 is 24.4 Å². The molecule has 7 nitrogen and oxygen atoms in total. The van der Waals surface area contributed by atoms with Crippen LogP contribution in [0, 0.1) is 0 Å². The summed E-state index contributed by atoms with van der Waals surface area (Å²) < 4.78 is 18.0. The molecule has 1 aliphatic heterocycles. The van der Waals surface area contributed by atoms with Crippen LogP contribution in [0.4, 0.5) is 0 Å². The highest BCUT2D eigenvalue weighted by molar-refractivity contribution is 7.07. The van der Waals surface area contributed by atoms with Gasteiger partial charge in [-0.05, 0) is 47.7 Å². The third-order valence-corrected chi connectivity index (χ3v) is 7.03.